The third kappa shape index (κ3) is 4.64. The van der Waals surface area contributed by atoms with Gasteiger partial charge in [-0.1, -0.05) is 41.9 Å². The number of fused-ring (bicyclic) bond motifs is 1. The predicted octanol–water partition coefficient (Wildman–Crippen LogP) is 2.49. The van der Waals surface area contributed by atoms with Crippen LogP contribution in [0.2, 0.25) is 5.02 Å². The van der Waals surface area contributed by atoms with Crippen molar-refractivity contribution >= 4 is 29.3 Å². The largest absolute Gasteiger partial charge is 0.353 e. The third-order valence-electron chi connectivity index (χ3n) is 6.29. The van der Waals surface area contributed by atoms with Gasteiger partial charge in [-0.3, -0.25) is 19.1 Å². The fourth-order valence-corrected chi connectivity index (χ4v) is 4.68. The summed E-state index contributed by atoms with van der Waals surface area (Å²) in [6.45, 7) is 1.82. The van der Waals surface area contributed by atoms with Crippen LogP contribution >= 0.6 is 11.6 Å². The zero-order chi connectivity index (χ0) is 24.5. The molecule has 5 rings (SSSR count). The van der Waals surface area contributed by atoms with Crippen LogP contribution in [0.5, 0.6) is 0 Å². The van der Waals surface area contributed by atoms with Gasteiger partial charge in [-0.25, -0.2) is 4.39 Å². The molecule has 1 fully saturated rings. The molecule has 1 aromatic heterocycles. The fourth-order valence-electron chi connectivity index (χ4n) is 4.50. The number of nitrogens with zero attached hydrogens (tertiary/aromatic N) is 4. The normalized spacial score (nSPS) is 15.5. The van der Waals surface area contributed by atoms with Crippen LogP contribution in [0.4, 0.5) is 4.39 Å². The maximum Gasteiger partial charge on any atom is 0.275 e. The van der Waals surface area contributed by atoms with E-state index in [-0.39, 0.29) is 47.1 Å². The minimum absolute atomic E-state index is 0.0319. The minimum atomic E-state index is -0.593. The average molecular weight is 496 g/mol. The summed E-state index contributed by atoms with van der Waals surface area (Å²) in [5.74, 6) is -1.44. The molecule has 0 saturated carbocycles. The summed E-state index contributed by atoms with van der Waals surface area (Å²) < 4.78 is 15.4. The lowest BCUT2D eigenvalue weighted by atomic mass is 10.0. The molecule has 0 spiro atoms. The lowest BCUT2D eigenvalue weighted by Gasteiger charge is -2.29. The van der Waals surface area contributed by atoms with E-state index in [2.05, 4.69) is 10.4 Å². The van der Waals surface area contributed by atoms with Gasteiger partial charge in [0.05, 0.1) is 24.7 Å². The number of hydrogen-bond donors (Lipinski definition) is 1. The number of nitrogens with one attached hydrogen (secondary N) is 1. The molecule has 3 aromatic rings. The highest BCUT2D eigenvalue weighted by atomic mass is 35.5. The van der Waals surface area contributed by atoms with Crippen LogP contribution in [-0.4, -0.2) is 63.5 Å². The van der Waals surface area contributed by atoms with Gasteiger partial charge in [0.1, 0.15) is 5.82 Å². The van der Waals surface area contributed by atoms with Gasteiger partial charge in [0.15, 0.2) is 5.69 Å². The monoisotopic (exact) mass is 495 g/mol. The van der Waals surface area contributed by atoms with Gasteiger partial charge < -0.3 is 15.1 Å². The summed E-state index contributed by atoms with van der Waals surface area (Å²) in [6, 6.07) is 13.7. The van der Waals surface area contributed by atoms with Crippen LogP contribution in [0.25, 0.3) is 0 Å². The molecular weight excluding hydrogens is 473 g/mol. The molecule has 0 radical (unpaired) electrons. The highest BCUT2D eigenvalue weighted by Crippen LogP contribution is 2.27. The molecule has 2 aromatic carbocycles. The first-order chi connectivity index (χ1) is 16.9. The Morgan fingerprint density at radius 3 is 2.54 bits per heavy atom. The van der Waals surface area contributed by atoms with Crippen molar-refractivity contribution in [3.8, 4) is 0 Å². The van der Waals surface area contributed by atoms with E-state index in [4.69, 9.17) is 11.6 Å². The number of aromatic nitrogens is 2. The molecule has 180 valence electrons. The van der Waals surface area contributed by atoms with Gasteiger partial charge in [-0.2, -0.15) is 5.10 Å². The Morgan fingerprint density at radius 2 is 1.80 bits per heavy atom. The number of amides is 3. The van der Waals surface area contributed by atoms with Crippen molar-refractivity contribution in [2.75, 3.05) is 26.2 Å². The molecule has 35 heavy (non-hydrogen) atoms. The smallest absolute Gasteiger partial charge is 0.275 e. The molecule has 0 aliphatic carbocycles. The second-order valence-corrected chi connectivity index (χ2v) is 9.01. The Morgan fingerprint density at radius 1 is 1.03 bits per heavy atom. The van der Waals surface area contributed by atoms with Crippen LogP contribution in [0.15, 0.2) is 48.5 Å². The van der Waals surface area contributed by atoms with Gasteiger partial charge in [0.2, 0.25) is 5.91 Å². The van der Waals surface area contributed by atoms with E-state index in [0.717, 1.165) is 11.3 Å². The zero-order valence-corrected chi connectivity index (χ0v) is 19.6. The number of halogens is 2. The van der Waals surface area contributed by atoms with Crippen LogP contribution in [0.3, 0.4) is 0 Å². The van der Waals surface area contributed by atoms with Crippen LogP contribution in [0.1, 0.15) is 37.7 Å². The molecule has 3 amide bonds. The number of rotatable bonds is 4. The summed E-state index contributed by atoms with van der Waals surface area (Å²) in [7, 11) is 0. The van der Waals surface area contributed by atoms with E-state index in [0.29, 0.717) is 38.2 Å². The molecule has 0 atom stereocenters. The van der Waals surface area contributed by atoms with Crippen LogP contribution in [0, 0.1) is 5.82 Å². The van der Waals surface area contributed by atoms with Crippen LogP contribution in [-0.2, 0) is 24.3 Å². The van der Waals surface area contributed by atoms with Crippen molar-refractivity contribution in [1.82, 2.24) is 24.9 Å². The Labute approximate surface area is 206 Å². The summed E-state index contributed by atoms with van der Waals surface area (Å²) in [6.07, 6.45) is 0.504. The molecule has 10 heteroatoms. The van der Waals surface area contributed by atoms with Crippen LogP contribution < -0.4 is 5.32 Å². The fraction of sp³-hybridized carbons (Fsp3) is 0.280. The Bertz CT molecular complexity index is 1310. The second kappa shape index (κ2) is 9.50. The standard InChI is InChI=1S/C25H23ClFN5O3/c26-19-12-17(6-7-20(19)27)24(34)30-10-8-21-18(14-30)23(25(35)31-11-9-28-22(33)15-31)29-32(21)13-16-4-2-1-3-5-16/h1-7,12H,8-11,13-15H2,(H,28,33). The van der Waals surface area contributed by atoms with E-state index in [9.17, 15) is 18.8 Å². The van der Waals surface area contributed by atoms with Gasteiger partial charge in [-0.15, -0.1) is 0 Å². The van der Waals surface area contributed by atoms with Gasteiger partial charge in [-0.05, 0) is 23.8 Å². The number of benzene rings is 2. The maximum absolute atomic E-state index is 13.6. The summed E-state index contributed by atoms with van der Waals surface area (Å²) in [4.78, 5) is 41.6. The first-order valence-corrected chi connectivity index (χ1v) is 11.7. The Kier molecular flexibility index (Phi) is 6.25. The lowest BCUT2D eigenvalue weighted by Crippen LogP contribution is -2.50. The Hall–Kier alpha value is -3.72. The summed E-state index contributed by atoms with van der Waals surface area (Å²) >= 11 is 5.88. The van der Waals surface area contributed by atoms with E-state index >= 15 is 0 Å². The minimum Gasteiger partial charge on any atom is -0.353 e. The van der Waals surface area contributed by atoms with Crippen molar-refractivity contribution in [2.24, 2.45) is 0 Å². The molecule has 8 nitrogen and oxygen atoms in total. The topological polar surface area (TPSA) is 87.5 Å². The Balaban J connectivity index is 1.48. The highest BCUT2D eigenvalue weighted by molar-refractivity contribution is 6.31. The maximum atomic E-state index is 13.6. The average Bonchev–Trinajstić information content (AvgIpc) is 3.23. The van der Waals surface area contributed by atoms with E-state index in [1.165, 1.54) is 23.1 Å². The van der Waals surface area contributed by atoms with E-state index < -0.39 is 5.82 Å². The number of piperazine rings is 1. The molecule has 2 aliphatic heterocycles. The first kappa shape index (κ1) is 23.0. The van der Waals surface area contributed by atoms with Gasteiger partial charge in [0, 0.05) is 42.9 Å². The molecule has 0 unspecified atom stereocenters. The van der Waals surface area contributed by atoms with Gasteiger partial charge in [0.25, 0.3) is 11.8 Å². The first-order valence-electron chi connectivity index (χ1n) is 11.3. The second-order valence-electron chi connectivity index (χ2n) is 8.60. The van der Waals surface area contributed by atoms with Crippen molar-refractivity contribution < 1.29 is 18.8 Å². The molecule has 0 bridgehead atoms. The predicted molar refractivity (Wildman–Crippen MR) is 127 cm³/mol. The molecule has 2 aliphatic rings. The SMILES string of the molecule is O=C1CN(C(=O)c2nn(Cc3ccccc3)c3c2CN(C(=O)c2ccc(F)c(Cl)c2)CC3)CCN1. The summed E-state index contributed by atoms with van der Waals surface area (Å²) in [5, 5.41) is 7.26. The van der Waals surface area contributed by atoms with Crippen molar-refractivity contribution in [3.05, 3.63) is 87.4 Å². The molecule has 1 saturated heterocycles. The van der Waals surface area contributed by atoms with Crippen molar-refractivity contribution in [1.29, 1.82) is 0 Å². The number of carbonyl (C=O) groups is 3. The highest BCUT2D eigenvalue weighted by Gasteiger charge is 2.33. The molecular formula is C25H23ClFN5O3. The third-order valence-corrected chi connectivity index (χ3v) is 6.58. The van der Waals surface area contributed by atoms with Gasteiger partial charge >= 0.3 is 0 Å². The van der Waals surface area contributed by atoms with Crippen molar-refractivity contribution in [3.63, 3.8) is 0 Å². The quantitative estimate of drug-likeness (QED) is 0.602. The lowest BCUT2D eigenvalue weighted by molar-refractivity contribution is -0.123. The summed E-state index contributed by atoms with van der Waals surface area (Å²) in [5.41, 5.74) is 3.12. The molecule has 1 N–H and O–H groups in total. The number of hydrogen-bond acceptors (Lipinski definition) is 4. The molecule has 3 heterocycles. The van der Waals surface area contributed by atoms with Crippen molar-refractivity contribution in [2.45, 2.75) is 19.5 Å². The zero-order valence-electron chi connectivity index (χ0n) is 18.8. The van der Waals surface area contributed by atoms with E-state index in [1.807, 2.05) is 35.0 Å². The number of carbonyl (C=O) groups excluding carboxylic acids is 3. The van der Waals surface area contributed by atoms with E-state index in [1.54, 1.807) is 4.90 Å².